The zero-order valence-electron chi connectivity index (χ0n) is 12.5. The number of hydrazone groups is 1. The van der Waals surface area contributed by atoms with E-state index in [1.165, 1.54) is 12.3 Å². The van der Waals surface area contributed by atoms with Gasteiger partial charge in [-0.1, -0.05) is 34.1 Å². The lowest BCUT2D eigenvalue weighted by Gasteiger charge is -2.10. The maximum atomic E-state index is 13.8. The summed E-state index contributed by atoms with van der Waals surface area (Å²) in [6.45, 7) is 3.82. The molecule has 2 aromatic rings. The molecule has 0 fully saturated rings. The smallest absolute Gasteiger partial charge is 0.306 e. The zero-order valence-corrected chi connectivity index (χ0v) is 16.2. The van der Waals surface area contributed by atoms with Crippen molar-refractivity contribution in [1.29, 1.82) is 0 Å². The number of carbonyl (C=O) groups is 1. The molecule has 7 heteroatoms. The number of nitrogens with zero attached hydrogens (tertiary/aromatic N) is 1. The number of hydrogen-bond donors (Lipinski definition) is 2. The molecule has 0 aliphatic carbocycles. The molecular weight excluding hydrogens is 476 g/mol. The van der Waals surface area contributed by atoms with Crippen LogP contribution in [0.1, 0.15) is 16.7 Å². The molecule has 0 unspecified atom stereocenters. The van der Waals surface area contributed by atoms with Gasteiger partial charge in [-0.25, -0.2) is 14.6 Å². The van der Waals surface area contributed by atoms with Gasteiger partial charge in [0, 0.05) is 19.3 Å². The van der Waals surface area contributed by atoms with Crippen LogP contribution in [0.2, 0.25) is 0 Å². The second kappa shape index (κ2) is 7.87. The number of aryl methyl sites for hydroxylation is 2. The molecule has 0 bridgehead atoms. The molecule has 0 atom stereocenters. The van der Waals surface area contributed by atoms with Crippen molar-refractivity contribution in [3.8, 4) is 0 Å². The summed E-state index contributed by atoms with van der Waals surface area (Å²) in [7, 11) is 0. The fraction of sp³-hybridized carbons (Fsp3) is 0.125. The molecule has 0 aliphatic heterocycles. The van der Waals surface area contributed by atoms with E-state index in [9.17, 15) is 9.18 Å². The first-order chi connectivity index (χ1) is 10.9. The molecule has 0 spiro atoms. The van der Waals surface area contributed by atoms with Gasteiger partial charge in [0.1, 0.15) is 5.82 Å². The Morgan fingerprint density at radius 2 is 1.96 bits per heavy atom. The molecule has 120 valence electrons. The number of amides is 2. The van der Waals surface area contributed by atoms with E-state index in [2.05, 4.69) is 31.8 Å². The molecule has 0 saturated carbocycles. The van der Waals surface area contributed by atoms with Crippen LogP contribution >= 0.6 is 38.5 Å². The zero-order chi connectivity index (χ0) is 17.0. The van der Waals surface area contributed by atoms with Crippen LogP contribution in [0.15, 0.2) is 39.9 Å². The van der Waals surface area contributed by atoms with Gasteiger partial charge in [-0.2, -0.15) is 5.10 Å². The minimum Gasteiger partial charge on any atom is -0.306 e. The summed E-state index contributed by atoms with van der Waals surface area (Å²) in [5, 5.41) is 6.54. The van der Waals surface area contributed by atoms with Crippen molar-refractivity contribution in [3.05, 3.63) is 60.9 Å². The number of hydrogen-bond acceptors (Lipinski definition) is 2. The highest BCUT2D eigenvalue weighted by molar-refractivity contribution is 14.1. The Bertz CT molecular complexity index is 737. The van der Waals surface area contributed by atoms with E-state index in [1.807, 2.05) is 54.6 Å². The lowest BCUT2D eigenvalue weighted by Crippen LogP contribution is -2.25. The molecule has 0 radical (unpaired) electrons. The van der Waals surface area contributed by atoms with Crippen LogP contribution in [-0.2, 0) is 0 Å². The first-order valence-electron chi connectivity index (χ1n) is 6.69. The van der Waals surface area contributed by atoms with Gasteiger partial charge in [0.05, 0.1) is 6.21 Å². The standard InChI is InChI=1S/C16H14BrFIN3O/c1-9-4-3-5-10(2)15(9)21-16(23)22-20-8-12-13(18)6-11(17)7-14(12)19/h3-8H,1-2H3,(H2,21,22,23)/b20-8+. The predicted octanol–water partition coefficient (Wildman–Crippen LogP) is 4.97. The minimum atomic E-state index is -0.480. The van der Waals surface area contributed by atoms with Gasteiger partial charge in [-0.15, -0.1) is 0 Å². The van der Waals surface area contributed by atoms with E-state index >= 15 is 0 Å². The molecule has 0 heterocycles. The van der Waals surface area contributed by atoms with Crippen LogP contribution in [0.25, 0.3) is 0 Å². The number of rotatable bonds is 3. The summed E-state index contributed by atoms with van der Waals surface area (Å²) in [5.74, 6) is -0.413. The third-order valence-electron chi connectivity index (χ3n) is 3.12. The second-order valence-electron chi connectivity index (χ2n) is 4.87. The first-order valence-corrected chi connectivity index (χ1v) is 8.56. The predicted molar refractivity (Wildman–Crippen MR) is 102 cm³/mol. The van der Waals surface area contributed by atoms with Gasteiger partial charge < -0.3 is 5.32 Å². The maximum absolute atomic E-state index is 13.8. The van der Waals surface area contributed by atoms with E-state index in [0.29, 0.717) is 13.6 Å². The normalized spacial score (nSPS) is 10.8. The van der Waals surface area contributed by atoms with Gasteiger partial charge in [-0.05, 0) is 59.7 Å². The molecule has 23 heavy (non-hydrogen) atoms. The topological polar surface area (TPSA) is 53.5 Å². The summed E-state index contributed by atoms with van der Waals surface area (Å²) < 4.78 is 15.2. The number of carbonyl (C=O) groups excluding carboxylic acids is 1. The largest absolute Gasteiger partial charge is 0.339 e. The molecule has 2 amide bonds. The van der Waals surface area contributed by atoms with E-state index in [1.54, 1.807) is 6.07 Å². The van der Waals surface area contributed by atoms with Crippen LogP contribution in [0.5, 0.6) is 0 Å². The summed E-state index contributed by atoms with van der Waals surface area (Å²) in [4.78, 5) is 11.9. The van der Waals surface area contributed by atoms with Crippen molar-refractivity contribution in [3.63, 3.8) is 0 Å². The number of halogens is 3. The van der Waals surface area contributed by atoms with E-state index in [-0.39, 0.29) is 0 Å². The average molecular weight is 490 g/mol. The van der Waals surface area contributed by atoms with E-state index in [4.69, 9.17) is 0 Å². The Hall–Kier alpha value is -1.48. The number of anilines is 1. The molecule has 4 nitrogen and oxygen atoms in total. The highest BCUT2D eigenvalue weighted by atomic mass is 127. The van der Waals surface area contributed by atoms with Crippen LogP contribution < -0.4 is 10.7 Å². The molecular formula is C16H14BrFIN3O. The Morgan fingerprint density at radius 3 is 2.57 bits per heavy atom. The van der Waals surface area contributed by atoms with Crippen LogP contribution in [0.3, 0.4) is 0 Å². The average Bonchev–Trinajstić information content (AvgIpc) is 2.46. The molecule has 0 saturated heterocycles. The van der Waals surface area contributed by atoms with E-state index in [0.717, 1.165) is 16.8 Å². The van der Waals surface area contributed by atoms with E-state index < -0.39 is 11.8 Å². The van der Waals surface area contributed by atoms with Crippen LogP contribution in [0.4, 0.5) is 14.9 Å². The monoisotopic (exact) mass is 489 g/mol. The van der Waals surface area contributed by atoms with Crippen molar-refractivity contribution in [1.82, 2.24) is 5.43 Å². The summed E-state index contributed by atoms with van der Waals surface area (Å²) in [6, 6.07) is 8.37. The van der Waals surface area contributed by atoms with Crippen LogP contribution in [-0.4, -0.2) is 12.2 Å². The lowest BCUT2D eigenvalue weighted by molar-refractivity contribution is 0.252. The fourth-order valence-electron chi connectivity index (χ4n) is 1.99. The number of para-hydroxylation sites is 1. The van der Waals surface area contributed by atoms with Gasteiger partial charge in [0.15, 0.2) is 0 Å². The van der Waals surface area contributed by atoms with Gasteiger partial charge in [-0.3, -0.25) is 0 Å². The van der Waals surface area contributed by atoms with Crippen molar-refractivity contribution >= 4 is 56.5 Å². The number of nitrogens with one attached hydrogen (secondary N) is 2. The maximum Gasteiger partial charge on any atom is 0.339 e. The summed E-state index contributed by atoms with van der Waals surface area (Å²) in [5.41, 5.74) is 5.31. The Labute approximate surface area is 155 Å². The quantitative estimate of drug-likeness (QED) is 0.357. The fourth-order valence-corrected chi connectivity index (χ4v) is 3.58. The lowest BCUT2D eigenvalue weighted by atomic mass is 10.1. The molecule has 2 N–H and O–H groups in total. The SMILES string of the molecule is Cc1cccc(C)c1NC(=O)N/N=C/c1c(F)cc(Br)cc1I. The third kappa shape index (κ3) is 4.74. The van der Waals surface area contributed by atoms with Gasteiger partial charge in [0.2, 0.25) is 0 Å². The van der Waals surface area contributed by atoms with Crippen molar-refractivity contribution < 1.29 is 9.18 Å². The summed E-state index contributed by atoms with van der Waals surface area (Å²) >= 11 is 5.23. The highest BCUT2D eigenvalue weighted by Crippen LogP contribution is 2.21. The Morgan fingerprint density at radius 1 is 1.30 bits per heavy atom. The molecule has 2 rings (SSSR count). The van der Waals surface area contributed by atoms with Crippen LogP contribution in [0, 0.1) is 23.2 Å². The Balaban J connectivity index is 2.05. The summed E-state index contributed by atoms with van der Waals surface area (Å²) in [6.07, 6.45) is 1.29. The van der Waals surface area contributed by atoms with Crippen molar-refractivity contribution in [2.75, 3.05) is 5.32 Å². The molecule has 2 aromatic carbocycles. The highest BCUT2D eigenvalue weighted by Gasteiger charge is 2.08. The molecule has 0 aliphatic rings. The second-order valence-corrected chi connectivity index (χ2v) is 6.95. The number of benzene rings is 2. The number of urea groups is 1. The molecule has 0 aromatic heterocycles. The van der Waals surface area contributed by atoms with Crippen molar-refractivity contribution in [2.24, 2.45) is 5.10 Å². The van der Waals surface area contributed by atoms with Gasteiger partial charge in [0.25, 0.3) is 0 Å². The minimum absolute atomic E-state index is 0.321. The first kappa shape index (κ1) is 17.9. The van der Waals surface area contributed by atoms with Gasteiger partial charge >= 0.3 is 6.03 Å². The Kier molecular flexibility index (Phi) is 6.11. The van der Waals surface area contributed by atoms with Crippen molar-refractivity contribution in [2.45, 2.75) is 13.8 Å². The third-order valence-corrected chi connectivity index (χ3v) is 4.47.